The van der Waals surface area contributed by atoms with Crippen LogP contribution < -0.4 is 10.4 Å². The number of carbonyl (C=O) groups excluding carboxylic acids is 2. The van der Waals surface area contributed by atoms with Gasteiger partial charge in [-0.05, 0) is 66.7 Å². The fourth-order valence-corrected chi connectivity index (χ4v) is 3.90. The Bertz CT molecular complexity index is 1390. The van der Waals surface area contributed by atoms with Crippen LogP contribution >= 0.6 is 0 Å². The standard InChI is InChI=1S/C27H31BFN3O6/c1-25(2,3)36-24(34)32(23(33)35-8)22-21-18(12-13-20(31-21)16-10-9-11-17(29)14-16)19(15-30-22)28-37-26(4,5)27(6,7)38-28/h9-15H,1-8H3. The molecule has 0 N–H and O–H groups in total. The van der Waals surface area contributed by atoms with E-state index in [4.69, 9.17) is 23.8 Å². The lowest BCUT2D eigenvalue weighted by Crippen LogP contribution is -2.42. The van der Waals surface area contributed by atoms with Crippen LogP contribution in [0.4, 0.5) is 19.8 Å². The van der Waals surface area contributed by atoms with Crippen LogP contribution in [0.25, 0.3) is 22.2 Å². The molecule has 0 unspecified atom stereocenters. The van der Waals surface area contributed by atoms with Gasteiger partial charge < -0.3 is 18.8 Å². The second kappa shape index (κ2) is 9.63. The molecule has 4 rings (SSSR count). The van der Waals surface area contributed by atoms with Crippen molar-refractivity contribution in [2.75, 3.05) is 12.0 Å². The van der Waals surface area contributed by atoms with Crippen molar-refractivity contribution in [2.24, 2.45) is 0 Å². The van der Waals surface area contributed by atoms with Gasteiger partial charge in [-0.3, -0.25) is 0 Å². The molecule has 200 valence electrons. The van der Waals surface area contributed by atoms with Crippen molar-refractivity contribution in [1.29, 1.82) is 0 Å². The number of rotatable bonds is 3. The Hall–Kier alpha value is -3.57. The second-order valence-corrected chi connectivity index (χ2v) is 11.0. The molecule has 1 saturated heterocycles. The van der Waals surface area contributed by atoms with E-state index >= 15 is 0 Å². The maximum absolute atomic E-state index is 14.0. The van der Waals surface area contributed by atoms with Gasteiger partial charge in [-0.2, -0.15) is 4.90 Å². The van der Waals surface area contributed by atoms with Gasteiger partial charge in [-0.15, -0.1) is 0 Å². The molecule has 2 aromatic heterocycles. The molecule has 0 aliphatic carbocycles. The fraction of sp³-hybridized carbons (Fsp3) is 0.407. The Morgan fingerprint density at radius 2 is 1.68 bits per heavy atom. The highest BCUT2D eigenvalue weighted by Crippen LogP contribution is 2.37. The van der Waals surface area contributed by atoms with E-state index in [0.717, 1.165) is 7.11 Å². The van der Waals surface area contributed by atoms with Gasteiger partial charge in [0.25, 0.3) is 0 Å². The van der Waals surface area contributed by atoms with E-state index < -0.39 is 41.9 Å². The van der Waals surface area contributed by atoms with E-state index in [1.807, 2.05) is 27.7 Å². The molecule has 1 fully saturated rings. The molecule has 2 amide bonds. The number of imide groups is 1. The quantitative estimate of drug-likeness (QED) is 0.430. The largest absolute Gasteiger partial charge is 0.497 e. The van der Waals surface area contributed by atoms with E-state index in [0.29, 0.717) is 27.0 Å². The molecular weight excluding hydrogens is 492 g/mol. The van der Waals surface area contributed by atoms with Crippen molar-refractivity contribution in [1.82, 2.24) is 9.97 Å². The Morgan fingerprint density at radius 3 is 2.26 bits per heavy atom. The molecule has 0 saturated carbocycles. The third-order valence-electron chi connectivity index (χ3n) is 6.52. The minimum Gasteiger partial charge on any atom is -0.452 e. The summed E-state index contributed by atoms with van der Waals surface area (Å²) in [4.78, 5) is 35.8. The Balaban J connectivity index is 1.95. The van der Waals surface area contributed by atoms with Gasteiger partial charge in [0, 0.05) is 22.6 Å². The number of pyridine rings is 2. The molecular formula is C27H31BFN3O6. The number of benzene rings is 1. The van der Waals surface area contributed by atoms with E-state index in [1.54, 1.807) is 45.0 Å². The summed E-state index contributed by atoms with van der Waals surface area (Å²) in [5.74, 6) is -0.543. The van der Waals surface area contributed by atoms with Gasteiger partial charge in [0.1, 0.15) is 16.9 Å². The number of hydrogen-bond donors (Lipinski definition) is 0. The number of nitrogens with zero attached hydrogens (tertiary/aromatic N) is 3. The molecule has 38 heavy (non-hydrogen) atoms. The van der Waals surface area contributed by atoms with Crippen LogP contribution in [0, 0.1) is 5.82 Å². The molecule has 11 heteroatoms. The maximum Gasteiger partial charge on any atom is 0.497 e. The minimum absolute atomic E-state index is 0.111. The van der Waals surface area contributed by atoms with Crippen LogP contribution in [-0.4, -0.2) is 53.2 Å². The van der Waals surface area contributed by atoms with E-state index in [1.165, 1.54) is 18.3 Å². The van der Waals surface area contributed by atoms with Gasteiger partial charge in [0.2, 0.25) is 0 Å². The molecule has 9 nitrogen and oxygen atoms in total. The molecule has 1 aromatic carbocycles. The lowest BCUT2D eigenvalue weighted by Gasteiger charge is -2.32. The van der Waals surface area contributed by atoms with Crippen LogP contribution in [0.5, 0.6) is 0 Å². The number of hydrogen-bond acceptors (Lipinski definition) is 8. The molecule has 1 aliphatic rings. The first kappa shape index (κ1) is 27.5. The number of aromatic nitrogens is 2. The summed E-state index contributed by atoms with van der Waals surface area (Å²) >= 11 is 0. The highest BCUT2D eigenvalue weighted by Gasteiger charge is 2.52. The van der Waals surface area contributed by atoms with Crippen molar-refractivity contribution < 1.29 is 32.8 Å². The smallest absolute Gasteiger partial charge is 0.452 e. The highest BCUT2D eigenvalue weighted by molar-refractivity contribution is 6.65. The average Bonchev–Trinajstić information content (AvgIpc) is 3.04. The molecule has 0 radical (unpaired) electrons. The van der Waals surface area contributed by atoms with Gasteiger partial charge in [-0.1, -0.05) is 18.2 Å². The monoisotopic (exact) mass is 523 g/mol. The molecule has 3 heterocycles. The number of amides is 2. The number of methoxy groups -OCH3 is 1. The van der Waals surface area contributed by atoms with Crippen molar-refractivity contribution in [3.05, 3.63) is 48.4 Å². The first-order valence-corrected chi connectivity index (χ1v) is 12.2. The van der Waals surface area contributed by atoms with E-state index in [9.17, 15) is 14.0 Å². The summed E-state index contributed by atoms with van der Waals surface area (Å²) in [5, 5.41) is 0.520. The summed E-state index contributed by atoms with van der Waals surface area (Å²) in [6.45, 7) is 12.7. The van der Waals surface area contributed by atoms with Gasteiger partial charge >= 0.3 is 19.3 Å². The van der Waals surface area contributed by atoms with Crippen LogP contribution in [0.1, 0.15) is 48.5 Å². The van der Waals surface area contributed by atoms with Crippen molar-refractivity contribution in [3.8, 4) is 11.3 Å². The lowest BCUT2D eigenvalue weighted by atomic mass is 9.77. The van der Waals surface area contributed by atoms with Gasteiger partial charge in [0.15, 0.2) is 5.82 Å². The number of carbonyl (C=O) groups is 2. The number of anilines is 1. The third-order valence-corrected chi connectivity index (χ3v) is 6.52. The molecule has 1 aliphatic heterocycles. The summed E-state index contributed by atoms with van der Waals surface area (Å²) in [7, 11) is 0.352. The number of fused-ring (bicyclic) bond motifs is 1. The summed E-state index contributed by atoms with van der Waals surface area (Å²) in [5.41, 5.74) is -0.508. The normalized spacial score (nSPS) is 16.4. The first-order valence-electron chi connectivity index (χ1n) is 12.2. The van der Waals surface area contributed by atoms with E-state index in [2.05, 4.69) is 4.98 Å². The number of ether oxygens (including phenoxy) is 2. The van der Waals surface area contributed by atoms with Gasteiger partial charge in [0.05, 0.1) is 24.0 Å². The van der Waals surface area contributed by atoms with Crippen LogP contribution in [0.2, 0.25) is 0 Å². The summed E-state index contributed by atoms with van der Waals surface area (Å²) in [6, 6.07) is 9.40. The lowest BCUT2D eigenvalue weighted by molar-refractivity contribution is 0.00578. The molecule has 0 bridgehead atoms. The van der Waals surface area contributed by atoms with Crippen molar-refractivity contribution >= 4 is 41.5 Å². The highest BCUT2D eigenvalue weighted by atomic mass is 19.1. The van der Waals surface area contributed by atoms with Crippen LogP contribution in [0.15, 0.2) is 42.6 Å². The molecule has 0 atom stereocenters. The number of halogens is 1. The predicted molar refractivity (Wildman–Crippen MR) is 142 cm³/mol. The van der Waals surface area contributed by atoms with Gasteiger partial charge in [-0.25, -0.2) is 23.9 Å². The van der Waals surface area contributed by atoms with Crippen molar-refractivity contribution in [2.45, 2.75) is 65.3 Å². The zero-order valence-electron chi connectivity index (χ0n) is 22.8. The summed E-state index contributed by atoms with van der Waals surface area (Å²) < 4.78 is 36.8. The summed E-state index contributed by atoms with van der Waals surface area (Å²) in [6.07, 6.45) is -0.516. The Labute approximate surface area is 221 Å². The third kappa shape index (κ3) is 5.21. The maximum atomic E-state index is 14.0. The second-order valence-electron chi connectivity index (χ2n) is 11.0. The topological polar surface area (TPSA) is 100 Å². The zero-order chi connectivity index (χ0) is 28.0. The first-order chi connectivity index (χ1) is 17.6. The Kier molecular flexibility index (Phi) is 6.96. The van der Waals surface area contributed by atoms with Crippen LogP contribution in [-0.2, 0) is 18.8 Å². The van der Waals surface area contributed by atoms with Crippen LogP contribution in [0.3, 0.4) is 0 Å². The fourth-order valence-electron chi connectivity index (χ4n) is 3.90. The SMILES string of the molecule is COC(=O)N(C(=O)OC(C)(C)C)c1ncc(B2OC(C)(C)C(C)(C)O2)c2ccc(-c3cccc(F)c3)nc12. The zero-order valence-corrected chi connectivity index (χ0v) is 22.8. The predicted octanol–water partition coefficient (Wildman–Crippen LogP) is 5.24. The van der Waals surface area contributed by atoms with E-state index in [-0.39, 0.29) is 11.3 Å². The molecule has 0 spiro atoms. The molecule has 3 aromatic rings. The minimum atomic E-state index is -1.01. The van der Waals surface area contributed by atoms with Crippen molar-refractivity contribution in [3.63, 3.8) is 0 Å². The Morgan fingerprint density at radius 1 is 1.03 bits per heavy atom. The average molecular weight is 523 g/mol.